The van der Waals surface area contributed by atoms with Crippen molar-refractivity contribution in [3.05, 3.63) is 29.8 Å². The van der Waals surface area contributed by atoms with Gasteiger partial charge in [0, 0.05) is 31.9 Å². The van der Waals surface area contributed by atoms with Gasteiger partial charge < -0.3 is 10.2 Å². The van der Waals surface area contributed by atoms with Crippen molar-refractivity contribution in [2.24, 2.45) is 0 Å². The standard InChI is InChI=1S/C15H24N2/c1-12(16-14-8-9-14)4-5-13-6-10-15(11-7-13)17(2)3/h6-7,10-12,14,16H,4-5,8-9H2,1-3H3. The minimum absolute atomic E-state index is 0.649. The molecule has 0 aliphatic heterocycles. The van der Waals surface area contributed by atoms with Gasteiger partial charge in [-0.05, 0) is 50.3 Å². The number of nitrogens with one attached hydrogen (secondary N) is 1. The average Bonchev–Trinajstić information content (AvgIpc) is 3.11. The van der Waals surface area contributed by atoms with E-state index >= 15 is 0 Å². The molecule has 2 heteroatoms. The van der Waals surface area contributed by atoms with E-state index < -0.39 is 0 Å². The molecule has 1 fully saturated rings. The first-order chi connectivity index (χ1) is 8.15. The van der Waals surface area contributed by atoms with Gasteiger partial charge in [0.25, 0.3) is 0 Å². The molecule has 1 aromatic carbocycles. The van der Waals surface area contributed by atoms with Gasteiger partial charge in [-0.25, -0.2) is 0 Å². The third-order valence-electron chi connectivity index (χ3n) is 3.42. The number of nitrogens with zero attached hydrogens (tertiary/aromatic N) is 1. The van der Waals surface area contributed by atoms with E-state index in [-0.39, 0.29) is 0 Å². The van der Waals surface area contributed by atoms with Gasteiger partial charge in [-0.15, -0.1) is 0 Å². The van der Waals surface area contributed by atoms with Crippen LogP contribution in [0, 0.1) is 0 Å². The number of rotatable bonds is 6. The molecule has 17 heavy (non-hydrogen) atoms. The highest BCUT2D eigenvalue weighted by Gasteiger charge is 2.22. The van der Waals surface area contributed by atoms with Crippen molar-refractivity contribution >= 4 is 5.69 Å². The van der Waals surface area contributed by atoms with Crippen LogP contribution in [0.4, 0.5) is 5.69 Å². The first-order valence-corrected chi connectivity index (χ1v) is 6.67. The highest BCUT2D eigenvalue weighted by Crippen LogP contribution is 2.20. The van der Waals surface area contributed by atoms with Crippen molar-refractivity contribution in [2.45, 2.75) is 44.7 Å². The van der Waals surface area contributed by atoms with Crippen molar-refractivity contribution in [1.82, 2.24) is 5.32 Å². The van der Waals surface area contributed by atoms with Gasteiger partial charge in [-0.1, -0.05) is 12.1 Å². The van der Waals surface area contributed by atoms with Gasteiger partial charge in [0.2, 0.25) is 0 Å². The lowest BCUT2D eigenvalue weighted by Gasteiger charge is -2.14. The second-order valence-electron chi connectivity index (χ2n) is 5.44. The molecule has 1 aliphatic rings. The summed E-state index contributed by atoms with van der Waals surface area (Å²) < 4.78 is 0. The minimum atomic E-state index is 0.649. The summed E-state index contributed by atoms with van der Waals surface area (Å²) in [5, 5.41) is 3.65. The quantitative estimate of drug-likeness (QED) is 0.811. The molecule has 2 rings (SSSR count). The monoisotopic (exact) mass is 232 g/mol. The zero-order valence-corrected chi connectivity index (χ0v) is 11.2. The minimum Gasteiger partial charge on any atom is -0.378 e. The number of benzene rings is 1. The van der Waals surface area contributed by atoms with E-state index in [4.69, 9.17) is 0 Å². The van der Waals surface area contributed by atoms with E-state index in [1.54, 1.807) is 0 Å². The fourth-order valence-corrected chi connectivity index (χ4v) is 2.08. The Kier molecular flexibility index (Phi) is 4.06. The van der Waals surface area contributed by atoms with Crippen LogP contribution in [0.15, 0.2) is 24.3 Å². The second kappa shape index (κ2) is 5.54. The number of anilines is 1. The van der Waals surface area contributed by atoms with Crippen LogP contribution in [-0.2, 0) is 6.42 Å². The molecule has 0 saturated heterocycles. The van der Waals surface area contributed by atoms with E-state index in [9.17, 15) is 0 Å². The summed E-state index contributed by atoms with van der Waals surface area (Å²) in [7, 11) is 4.16. The molecule has 1 saturated carbocycles. The maximum absolute atomic E-state index is 3.65. The van der Waals surface area contributed by atoms with Crippen LogP contribution in [0.3, 0.4) is 0 Å². The van der Waals surface area contributed by atoms with Crippen LogP contribution < -0.4 is 10.2 Å². The number of aryl methyl sites for hydroxylation is 1. The average molecular weight is 232 g/mol. The summed E-state index contributed by atoms with van der Waals surface area (Å²) in [6.45, 7) is 2.30. The molecule has 0 amide bonds. The Morgan fingerprint density at radius 3 is 2.41 bits per heavy atom. The smallest absolute Gasteiger partial charge is 0.0361 e. The van der Waals surface area contributed by atoms with Crippen LogP contribution in [0.25, 0.3) is 0 Å². The predicted octanol–water partition coefficient (Wildman–Crippen LogP) is 2.83. The Bertz CT molecular complexity index is 338. The van der Waals surface area contributed by atoms with E-state index in [0.717, 1.165) is 6.04 Å². The summed E-state index contributed by atoms with van der Waals surface area (Å²) in [5.74, 6) is 0. The maximum Gasteiger partial charge on any atom is 0.0361 e. The molecule has 0 radical (unpaired) electrons. The van der Waals surface area contributed by atoms with Gasteiger partial charge in [-0.3, -0.25) is 0 Å². The van der Waals surface area contributed by atoms with Crippen LogP contribution in [-0.4, -0.2) is 26.2 Å². The SMILES string of the molecule is CC(CCc1ccc(N(C)C)cc1)NC1CC1. The first kappa shape index (κ1) is 12.4. The Labute approximate surface area is 105 Å². The van der Waals surface area contributed by atoms with Crippen LogP contribution in [0.2, 0.25) is 0 Å². The molecule has 1 unspecified atom stereocenters. The molecule has 0 aromatic heterocycles. The van der Waals surface area contributed by atoms with Crippen molar-refractivity contribution < 1.29 is 0 Å². The number of hydrogen-bond donors (Lipinski definition) is 1. The summed E-state index contributed by atoms with van der Waals surface area (Å²) in [5.41, 5.74) is 2.72. The summed E-state index contributed by atoms with van der Waals surface area (Å²) in [4.78, 5) is 2.14. The van der Waals surface area contributed by atoms with E-state index in [0.29, 0.717) is 6.04 Å². The zero-order valence-electron chi connectivity index (χ0n) is 11.2. The fourth-order valence-electron chi connectivity index (χ4n) is 2.08. The highest BCUT2D eigenvalue weighted by atomic mass is 15.1. The topological polar surface area (TPSA) is 15.3 Å². The second-order valence-corrected chi connectivity index (χ2v) is 5.44. The molecule has 94 valence electrons. The van der Waals surface area contributed by atoms with Crippen LogP contribution in [0.1, 0.15) is 31.7 Å². The van der Waals surface area contributed by atoms with Gasteiger partial charge in [-0.2, -0.15) is 0 Å². The first-order valence-electron chi connectivity index (χ1n) is 6.67. The van der Waals surface area contributed by atoms with Gasteiger partial charge in [0.05, 0.1) is 0 Å². The third kappa shape index (κ3) is 4.04. The van der Waals surface area contributed by atoms with Crippen LogP contribution >= 0.6 is 0 Å². The summed E-state index contributed by atoms with van der Waals surface area (Å²) in [6, 6.07) is 10.4. The summed E-state index contributed by atoms with van der Waals surface area (Å²) >= 11 is 0. The molecule has 1 atom stereocenters. The fraction of sp³-hybridized carbons (Fsp3) is 0.600. The molecule has 0 heterocycles. The van der Waals surface area contributed by atoms with Crippen molar-refractivity contribution in [3.8, 4) is 0 Å². The molecule has 1 aliphatic carbocycles. The van der Waals surface area contributed by atoms with E-state index in [2.05, 4.69) is 55.5 Å². The van der Waals surface area contributed by atoms with E-state index in [1.165, 1.54) is 36.9 Å². The van der Waals surface area contributed by atoms with Crippen LogP contribution in [0.5, 0.6) is 0 Å². The van der Waals surface area contributed by atoms with Gasteiger partial charge in [0.15, 0.2) is 0 Å². The maximum atomic E-state index is 3.65. The summed E-state index contributed by atoms with van der Waals surface area (Å²) in [6.07, 6.45) is 5.16. The zero-order chi connectivity index (χ0) is 12.3. The van der Waals surface area contributed by atoms with E-state index in [1.807, 2.05) is 0 Å². The molecule has 2 nitrogen and oxygen atoms in total. The molecular weight excluding hydrogens is 208 g/mol. The molecule has 1 N–H and O–H groups in total. The Morgan fingerprint density at radius 1 is 1.24 bits per heavy atom. The molecule has 0 spiro atoms. The lowest BCUT2D eigenvalue weighted by molar-refractivity contribution is 0.512. The predicted molar refractivity (Wildman–Crippen MR) is 74.7 cm³/mol. The lowest BCUT2D eigenvalue weighted by Crippen LogP contribution is -2.28. The normalized spacial score (nSPS) is 16.9. The molecule has 0 bridgehead atoms. The van der Waals surface area contributed by atoms with Crippen molar-refractivity contribution in [3.63, 3.8) is 0 Å². The number of hydrogen-bond acceptors (Lipinski definition) is 2. The van der Waals surface area contributed by atoms with Gasteiger partial charge in [0.1, 0.15) is 0 Å². The van der Waals surface area contributed by atoms with Crippen molar-refractivity contribution in [2.75, 3.05) is 19.0 Å². The van der Waals surface area contributed by atoms with Gasteiger partial charge >= 0.3 is 0 Å². The van der Waals surface area contributed by atoms with Crippen molar-refractivity contribution in [1.29, 1.82) is 0 Å². The highest BCUT2D eigenvalue weighted by molar-refractivity contribution is 5.45. The Balaban J connectivity index is 1.77. The largest absolute Gasteiger partial charge is 0.378 e. The Morgan fingerprint density at radius 2 is 1.88 bits per heavy atom. The molecular formula is C15H24N2. The third-order valence-corrected chi connectivity index (χ3v) is 3.42. The lowest BCUT2D eigenvalue weighted by atomic mass is 10.1. The molecule has 1 aromatic rings. The Hall–Kier alpha value is -1.02.